The van der Waals surface area contributed by atoms with Gasteiger partial charge in [0.25, 0.3) is 0 Å². The number of ether oxygens (including phenoxy) is 1. The van der Waals surface area contributed by atoms with Crippen molar-refractivity contribution in [3.63, 3.8) is 0 Å². The highest BCUT2D eigenvalue weighted by atomic mass is 16.5. The number of anilines is 3. The van der Waals surface area contributed by atoms with Gasteiger partial charge in [-0.1, -0.05) is 188 Å². The zero-order valence-corrected chi connectivity index (χ0v) is 32.9. The van der Waals surface area contributed by atoms with E-state index in [1.54, 1.807) is 0 Å². The molecule has 0 atom stereocenters. The lowest BCUT2D eigenvalue weighted by Gasteiger charge is -2.29. The molecule has 1 aliphatic rings. The molecule has 0 saturated carbocycles. The third kappa shape index (κ3) is 6.41. The fourth-order valence-electron chi connectivity index (χ4n) is 8.70. The van der Waals surface area contributed by atoms with Gasteiger partial charge in [0.15, 0.2) is 0 Å². The lowest BCUT2D eigenvalue weighted by atomic mass is 9.89. The van der Waals surface area contributed by atoms with Crippen LogP contribution in [0.25, 0.3) is 77.5 Å². The van der Waals surface area contributed by atoms with E-state index < -0.39 is 0 Å². The minimum absolute atomic E-state index is 0.812. The van der Waals surface area contributed by atoms with Gasteiger partial charge in [-0.25, -0.2) is 0 Å². The van der Waals surface area contributed by atoms with Crippen molar-refractivity contribution in [3.05, 3.63) is 237 Å². The van der Waals surface area contributed by atoms with Crippen LogP contribution in [0.3, 0.4) is 0 Å². The van der Waals surface area contributed by atoms with Gasteiger partial charge in [0.1, 0.15) is 11.5 Å². The molecule has 10 aromatic rings. The zero-order valence-electron chi connectivity index (χ0n) is 32.9. The molecule has 0 radical (unpaired) electrons. The third-order valence-electron chi connectivity index (χ3n) is 11.7. The number of hydrogen-bond acceptors (Lipinski definition) is 2. The lowest BCUT2D eigenvalue weighted by molar-refractivity contribution is 0.489. The second-order valence-electron chi connectivity index (χ2n) is 15.3. The lowest BCUT2D eigenvalue weighted by Crippen LogP contribution is -2.11. The van der Waals surface area contributed by atoms with Gasteiger partial charge in [-0.3, -0.25) is 0 Å². The molecule has 0 saturated heterocycles. The van der Waals surface area contributed by atoms with Crippen molar-refractivity contribution in [2.24, 2.45) is 0 Å². The number of rotatable bonds is 7. The van der Waals surface area contributed by atoms with Crippen LogP contribution in [0.1, 0.15) is 0 Å². The Morgan fingerprint density at radius 2 is 0.700 bits per heavy atom. The highest BCUT2D eigenvalue weighted by Gasteiger charge is 2.28. The van der Waals surface area contributed by atoms with E-state index >= 15 is 0 Å². The Kier molecular flexibility index (Phi) is 8.87. The fourth-order valence-corrected chi connectivity index (χ4v) is 8.70. The van der Waals surface area contributed by atoms with Crippen LogP contribution in [0.4, 0.5) is 17.1 Å². The van der Waals surface area contributed by atoms with Gasteiger partial charge in [-0.15, -0.1) is 0 Å². The smallest absolute Gasteiger partial charge is 0.143 e. The van der Waals surface area contributed by atoms with Gasteiger partial charge in [0.05, 0.1) is 5.69 Å². The van der Waals surface area contributed by atoms with E-state index in [1.165, 1.54) is 38.6 Å². The summed E-state index contributed by atoms with van der Waals surface area (Å²) in [6.45, 7) is 0. The Balaban J connectivity index is 1.09. The summed E-state index contributed by atoms with van der Waals surface area (Å²) in [5.41, 5.74) is 16.8. The van der Waals surface area contributed by atoms with Crippen LogP contribution in [0, 0.1) is 0 Å². The summed E-state index contributed by atoms with van der Waals surface area (Å²) in [6, 6.07) is 84.7. The van der Waals surface area contributed by atoms with Gasteiger partial charge in [-0.2, -0.15) is 0 Å². The second-order valence-corrected chi connectivity index (χ2v) is 15.3. The van der Waals surface area contributed by atoms with Crippen molar-refractivity contribution < 1.29 is 4.74 Å². The van der Waals surface area contributed by atoms with Crippen molar-refractivity contribution in [1.29, 1.82) is 0 Å². The van der Waals surface area contributed by atoms with Crippen molar-refractivity contribution >= 4 is 27.8 Å². The predicted octanol–water partition coefficient (Wildman–Crippen LogP) is 16.4. The summed E-state index contributed by atoms with van der Waals surface area (Å²) in [7, 11) is 0. The minimum atomic E-state index is 0.812. The van der Waals surface area contributed by atoms with Crippen molar-refractivity contribution in [2.75, 3.05) is 4.90 Å². The van der Waals surface area contributed by atoms with E-state index in [0.717, 1.165) is 67.5 Å². The molecular formula is C58H39NO. The van der Waals surface area contributed by atoms with Crippen molar-refractivity contribution in [1.82, 2.24) is 0 Å². The number of fused-ring (bicyclic) bond motifs is 6. The molecule has 0 fully saturated rings. The molecule has 2 heteroatoms. The van der Waals surface area contributed by atoms with Crippen LogP contribution in [-0.4, -0.2) is 0 Å². The number of para-hydroxylation sites is 1. The Morgan fingerprint density at radius 3 is 1.23 bits per heavy atom. The monoisotopic (exact) mass is 765 g/mol. The van der Waals surface area contributed by atoms with Crippen LogP contribution in [0.15, 0.2) is 237 Å². The molecule has 1 heterocycles. The Morgan fingerprint density at radius 1 is 0.283 bits per heavy atom. The summed E-state index contributed by atoms with van der Waals surface area (Å²) in [5.74, 6) is 1.67. The van der Waals surface area contributed by atoms with E-state index in [-0.39, 0.29) is 0 Å². The maximum absolute atomic E-state index is 7.23. The molecule has 0 N–H and O–H groups in total. The molecular weight excluding hydrogens is 727 g/mol. The normalized spacial score (nSPS) is 11.5. The predicted molar refractivity (Wildman–Crippen MR) is 251 cm³/mol. The summed E-state index contributed by atoms with van der Waals surface area (Å²) < 4.78 is 7.23. The fraction of sp³-hybridized carbons (Fsp3) is 0. The first-order chi connectivity index (χ1) is 29.7. The van der Waals surface area contributed by atoms with Gasteiger partial charge in [-0.05, 0) is 109 Å². The van der Waals surface area contributed by atoms with Crippen LogP contribution in [0.5, 0.6) is 11.5 Å². The Bertz CT molecular complexity index is 3120. The van der Waals surface area contributed by atoms with Crippen LogP contribution >= 0.6 is 0 Å². The van der Waals surface area contributed by atoms with Crippen molar-refractivity contribution in [3.8, 4) is 78.3 Å². The largest absolute Gasteiger partial charge is 0.455 e. The standard InChI is InChI=1S/C58H39NO/c1-4-14-40(15-5-1)42-26-28-43(29-27-42)45-32-36-50(37-33-45)59(49-34-30-44(31-35-49)41-16-6-2-7-17-41)55-24-13-25-56-57(55)54-39-48-21-11-10-20-47(48)38-53(54)52-23-12-22-51(58(52)60-56)46-18-8-3-9-19-46/h1-39H. The van der Waals surface area contributed by atoms with E-state index in [0.29, 0.717) is 0 Å². The van der Waals surface area contributed by atoms with Gasteiger partial charge in [0.2, 0.25) is 0 Å². The molecule has 1 aliphatic heterocycles. The minimum Gasteiger partial charge on any atom is -0.455 e. The molecule has 11 rings (SSSR count). The quantitative estimate of drug-likeness (QED) is 0.160. The topological polar surface area (TPSA) is 12.5 Å². The second kappa shape index (κ2) is 15.1. The van der Waals surface area contributed by atoms with Gasteiger partial charge < -0.3 is 9.64 Å². The number of nitrogens with zero attached hydrogens (tertiary/aromatic N) is 1. The van der Waals surface area contributed by atoms with Gasteiger partial charge in [0, 0.05) is 28.1 Å². The molecule has 0 aliphatic carbocycles. The van der Waals surface area contributed by atoms with Gasteiger partial charge >= 0.3 is 0 Å². The number of benzene rings is 10. The molecule has 0 amide bonds. The maximum Gasteiger partial charge on any atom is 0.143 e. The van der Waals surface area contributed by atoms with Crippen molar-refractivity contribution in [2.45, 2.75) is 0 Å². The molecule has 0 unspecified atom stereocenters. The molecule has 0 spiro atoms. The average Bonchev–Trinajstić information content (AvgIpc) is 3.46. The first kappa shape index (κ1) is 35.2. The molecule has 60 heavy (non-hydrogen) atoms. The summed E-state index contributed by atoms with van der Waals surface area (Å²) in [4.78, 5) is 2.38. The summed E-state index contributed by atoms with van der Waals surface area (Å²) >= 11 is 0. The van der Waals surface area contributed by atoms with E-state index in [2.05, 4.69) is 241 Å². The first-order valence-electron chi connectivity index (χ1n) is 20.5. The third-order valence-corrected chi connectivity index (χ3v) is 11.7. The molecule has 10 aromatic carbocycles. The number of hydrogen-bond donors (Lipinski definition) is 0. The van der Waals surface area contributed by atoms with E-state index in [4.69, 9.17) is 4.74 Å². The summed E-state index contributed by atoms with van der Waals surface area (Å²) in [6.07, 6.45) is 0. The van der Waals surface area contributed by atoms with Crippen LogP contribution < -0.4 is 9.64 Å². The summed E-state index contributed by atoms with van der Waals surface area (Å²) in [5, 5.41) is 2.37. The van der Waals surface area contributed by atoms with Crippen LogP contribution in [0.2, 0.25) is 0 Å². The molecule has 2 nitrogen and oxygen atoms in total. The average molecular weight is 766 g/mol. The molecule has 0 bridgehead atoms. The highest BCUT2D eigenvalue weighted by Crippen LogP contribution is 2.55. The first-order valence-corrected chi connectivity index (χ1v) is 20.5. The Hall–Kier alpha value is -7.94. The molecule has 0 aromatic heterocycles. The maximum atomic E-state index is 7.23. The SMILES string of the molecule is c1ccc(-c2ccc(-c3ccc(N(c4ccc(-c5ccccc5)cc4)c4cccc5c4-c4cc6ccccc6cc4-c4cccc(-c6ccccc6)c4O5)cc3)cc2)cc1. The molecule has 282 valence electrons. The van der Waals surface area contributed by atoms with E-state index in [9.17, 15) is 0 Å². The van der Waals surface area contributed by atoms with E-state index in [1.807, 2.05) is 0 Å². The Labute approximate surface area is 350 Å². The zero-order chi connectivity index (χ0) is 39.8. The highest BCUT2D eigenvalue weighted by molar-refractivity contribution is 6.05. The van der Waals surface area contributed by atoms with Crippen LogP contribution in [-0.2, 0) is 0 Å².